The van der Waals surface area contributed by atoms with Gasteiger partial charge >= 0.3 is 0 Å². The van der Waals surface area contributed by atoms with Crippen molar-refractivity contribution in [3.05, 3.63) is 46.4 Å². The molecule has 1 N–H and O–H groups in total. The number of hydrogen-bond acceptors (Lipinski definition) is 5. The van der Waals surface area contributed by atoms with Crippen molar-refractivity contribution in [2.45, 2.75) is 39.0 Å². The van der Waals surface area contributed by atoms with E-state index >= 15 is 0 Å². The summed E-state index contributed by atoms with van der Waals surface area (Å²) in [5.41, 5.74) is 2.11. The average Bonchev–Trinajstić information content (AvgIpc) is 3.02. The molecule has 1 aromatic carbocycles. The van der Waals surface area contributed by atoms with Crippen LogP contribution < -0.4 is 4.90 Å². The molecule has 4 nitrogen and oxygen atoms in total. The molecular formula is C17H24N2O2S. The molecule has 5 heteroatoms. The largest absolute Gasteiger partial charge is 0.391 e. The third kappa shape index (κ3) is 4.53. The molecule has 22 heavy (non-hydrogen) atoms. The standard InChI is InChI=1S/C17H24N2O2S/c1-4-16(20)11-19(15-8-6-5-7-9-15)10-14-12-22-17(18-14)13(2)21-3/h5-9,12-13,16,20H,4,10-11H2,1-3H3. The maximum atomic E-state index is 10.0. The molecule has 0 aliphatic carbocycles. The van der Waals surface area contributed by atoms with Gasteiger partial charge in [-0.2, -0.15) is 0 Å². The zero-order valence-corrected chi connectivity index (χ0v) is 14.2. The second-order valence-electron chi connectivity index (χ2n) is 5.33. The van der Waals surface area contributed by atoms with Gasteiger partial charge in [-0.25, -0.2) is 4.98 Å². The Morgan fingerprint density at radius 3 is 2.68 bits per heavy atom. The van der Waals surface area contributed by atoms with Gasteiger partial charge in [-0.1, -0.05) is 25.1 Å². The predicted octanol–water partition coefficient (Wildman–Crippen LogP) is 3.63. The highest BCUT2D eigenvalue weighted by molar-refractivity contribution is 7.09. The molecule has 0 radical (unpaired) electrons. The lowest BCUT2D eigenvalue weighted by Gasteiger charge is -2.26. The van der Waals surface area contributed by atoms with Gasteiger partial charge in [0.2, 0.25) is 0 Å². The molecule has 0 aliphatic rings. The van der Waals surface area contributed by atoms with Crippen LogP contribution in [0.2, 0.25) is 0 Å². The fraction of sp³-hybridized carbons (Fsp3) is 0.471. The zero-order valence-electron chi connectivity index (χ0n) is 13.4. The lowest BCUT2D eigenvalue weighted by atomic mass is 10.2. The Kier molecular flexibility index (Phi) is 6.36. The quantitative estimate of drug-likeness (QED) is 0.807. The third-order valence-electron chi connectivity index (χ3n) is 3.65. The molecule has 0 amide bonds. The van der Waals surface area contributed by atoms with Gasteiger partial charge in [0.25, 0.3) is 0 Å². The van der Waals surface area contributed by atoms with E-state index in [9.17, 15) is 5.11 Å². The summed E-state index contributed by atoms with van der Waals surface area (Å²) in [6.07, 6.45) is 0.424. The number of methoxy groups -OCH3 is 1. The molecule has 0 saturated heterocycles. The monoisotopic (exact) mass is 320 g/mol. The van der Waals surface area contributed by atoms with Crippen molar-refractivity contribution >= 4 is 17.0 Å². The van der Waals surface area contributed by atoms with Crippen LogP contribution in [0.1, 0.15) is 37.1 Å². The van der Waals surface area contributed by atoms with Crippen LogP contribution >= 0.6 is 11.3 Å². The molecule has 1 heterocycles. The zero-order chi connectivity index (χ0) is 15.9. The molecule has 0 spiro atoms. The normalized spacial score (nSPS) is 13.8. The van der Waals surface area contributed by atoms with E-state index in [4.69, 9.17) is 4.74 Å². The molecule has 2 unspecified atom stereocenters. The molecule has 0 fully saturated rings. The number of aliphatic hydroxyl groups excluding tert-OH is 1. The Bertz CT molecular complexity index is 559. The van der Waals surface area contributed by atoms with Crippen LogP contribution in [-0.4, -0.2) is 29.8 Å². The minimum absolute atomic E-state index is 0.0187. The van der Waals surface area contributed by atoms with E-state index in [1.54, 1.807) is 18.4 Å². The van der Waals surface area contributed by atoms with Gasteiger partial charge in [-0.05, 0) is 25.5 Å². The second-order valence-corrected chi connectivity index (χ2v) is 6.22. The first kappa shape index (κ1) is 16.9. The first-order valence-corrected chi connectivity index (χ1v) is 8.47. The molecular weight excluding hydrogens is 296 g/mol. The van der Waals surface area contributed by atoms with Crippen molar-refractivity contribution in [1.82, 2.24) is 4.98 Å². The number of aliphatic hydroxyl groups is 1. The van der Waals surface area contributed by atoms with E-state index in [2.05, 4.69) is 27.4 Å². The molecule has 0 aliphatic heterocycles. The number of nitrogens with zero attached hydrogens (tertiary/aromatic N) is 2. The summed E-state index contributed by atoms with van der Waals surface area (Å²) in [6.45, 7) is 5.29. The number of hydrogen-bond donors (Lipinski definition) is 1. The summed E-state index contributed by atoms with van der Waals surface area (Å²) >= 11 is 1.62. The predicted molar refractivity (Wildman–Crippen MR) is 91.3 cm³/mol. The highest BCUT2D eigenvalue weighted by atomic mass is 32.1. The van der Waals surface area contributed by atoms with E-state index in [0.29, 0.717) is 13.1 Å². The summed E-state index contributed by atoms with van der Waals surface area (Å²) in [7, 11) is 1.69. The minimum atomic E-state index is -0.337. The van der Waals surface area contributed by atoms with E-state index in [1.807, 2.05) is 32.0 Å². The highest BCUT2D eigenvalue weighted by Gasteiger charge is 2.15. The third-order valence-corrected chi connectivity index (χ3v) is 4.70. The first-order valence-electron chi connectivity index (χ1n) is 7.59. The van der Waals surface area contributed by atoms with Gasteiger partial charge in [0, 0.05) is 24.7 Å². The Balaban J connectivity index is 2.14. The van der Waals surface area contributed by atoms with Crippen LogP contribution in [-0.2, 0) is 11.3 Å². The first-order chi connectivity index (χ1) is 10.6. The maximum Gasteiger partial charge on any atom is 0.122 e. The highest BCUT2D eigenvalue weighted by Crippen LogP contribution is 2.23. The summed E-state index contributed by atoms with van der Waals surface area (Å²) in [5.74, 6) is 0. The van der Waals surface area contributed by atoms with Crippen LogP contribution in [0.15, 0.2) is 35.7 Å². The lowest BCUT2D eigenvalue weighted by Crippen LogP contribution is -2.31. The molecule has 2 aromatic rings. The fourth-order valence-corrected chi connectivity index (χ4v) is 3.00. The van der Waals surface area contributed by atoms with Crippen molar-refractivity contribution in [1.29, 1.82) is 0 Å². The number of para-hydroxylation sites is 1. The number of rotatable bonds is 8. The van der Waals surface area contributed by atoms with Gasteiger partial charge in [0.05, 0.1) is 18.3 Å². The smallest absolute Gasteiger partial charge is 0.122 e. The summed E-state index contributed by atoms with van der Waals surface area (Å²) in [4.78, 5) is 6.82. The number of thiazole rings is 1. The van der Waals surface area contributed by atoms with Crippen LogP contribution in [0.25, 0.3) is 0 Å². The molecule has 120 valence electrons. The van der Waals surface area contributed by atoms with Crippen molar-refractivity contribution in [3.63, 3.8) is 0 Å². The van der Waals surface area contributed by atoms with Crippen molar-refractivity contribution < 1.29 is 9.84 Å². The van der Waals surface area contributed by atoms with E-state index < -0.39 is 0 Å². The number of ether oxygens (including phenoxy) is 1. The summed E-state index contributed by atoms with van der Waals surface area (Å²) < 4.78 is 5.32. The molecule has 1 aromatic heterocycles. The Morgan fingerprint density at radius 2 is 2.05 bits per heavy atom. The summed E-state index contributed by atoms with van der Waals surface area (Å²) in [5, 5.41) is 13.1. The van der Waals surface area contributed by atoms with Gasteiger partial charge < -0.3 is 14.7 Å². The summed E-state index contributed by atoms with van der Waals surface area (Å²) in [6, 6.07) is 10.2. The van der Waals surface area contributed by atoms with E-state index in [-0.39, 0.29) is 12.2 Å². The van der Waals surface area contributed by atoms with Crippen molar-refractivity contribution in [3.8, 4) is 0 Å². The molecule has 2 atom stereocenters. The van der Waals surface area contributed by atoms with Gasteiger partial charge in [0.15, 0.2) is 0 Å². The average molecular weight is 320 g/mol. The van der Waals surface area contributed by atoms with E-state index in [1.165, 1.54) is 0 Å². The Hall–Kier alpha value is -1.43. The van der Waals surface area contributed by atoms with Gasteiger partial charge in [0.1, 0.15) is 11.1 Å². The van der Waals surface area contributed by atoms with Crippen LogP contribution in [0.4, 0.5) is 5.69 Å². The van der Waals surface area contributed by atoms with Crippen molar-refractivity contribution in [2.24, 2.45) is 0 Å². The van der Waals surface area contributed by atoms with E-state index in [0.717, 1.165) is 22.8 Å². The molecule has 0 saturated carbocycles. The second kappa shape index (κ2) is 8.27. The van der Waals surface area contributed by atoms with Crippen molar-refractivity contribution in [2.75, 3.05) is 18.6 Å². The van der Waals surface area contributed by atoms with Crippen LogP contribution in [0.3, 0.4) is 0 Å². The lowest BCUT2D eigenvalue weighted by molar-refractivity contribution is 0.119. The number of aromatic nitrogens is 1. The molecule has 0 bridgehead atoms. The van der Waals surface area contributed by atoms with Gasteiger partial charge in [-0.15, -0.1) is 11.3 Å². The minimum Gasteiger partial charge on any atom is -0.391 e. The number of anilines is 1. The maximum absolute atomic E-state index is 10.0. The molecule has 2 rings (SSSR count). The van der Waals surface area contributed by atoms with Gasteiger partial charge in [-0.3, -0.25) is 0 Å². The topological polar surface area (TPSA) is 45.6 Å². The SMILES string of the molecule is CCC(O)CN(Cc1csc(C(C)OC)n1)c1ccccc1. The Labute approximate surface area is 136 Å². The Morgan fingerprint density at radius 1 is 1.32 bits per heavy atom. The van der Waals surface area contributed by atoms with Crippen LogP contribution in [0, 0.1) is 0 Å². The number of benzene rings is 1. The fourth-order valence-electron chi connectivity index (χ4n) is 2.16. The van der Waals surface area contributed by atoms with Crippen LogP contribution in [0.5, 0.6) is 0 Å².